The topological polar surface area (TPSA) is 32.8 Å². The van der Waals surface area contributed by atoms with Crippen LogP contribution in [0.25, 0.3) is 0 Å². The van der Waals surface area contributed by atoms with Crippen LogP contribution in [-0.2, 0) is 13.2 Å². The number of halogens is 4. The van der Waals surface area contributed by atoms with E-state index in [2.05, 4.69) is 20.8 Å². The number of ether oxygens (including phenoxy) is 1. The van der Waals surface area contributed by atoms with Crippen LogP contribution in [0.3, 0.4) is 0 Å². The second-order valence-corrected chi connectivity index (χ2v) is 9.56. The fraction of sp³-hybridized carbons (Fsp3) is 0.240. The highest BCUT2D eigenvalue weighted by Crippen LogP contribution is 2.28. The lowest BCUT2D eigenvalue weighted by Gasteiger charge is -2.35. The molecule has 0 N–H and O–H groups in total. The molecule has 0 aromatic heterocycles. The number of carbonyl (C=O) groups excluding carboxylic acids is 1. The molecule has 3 aromatic rings. The molecule has 0 radical (unpaired) electrons. The number of hydrogen-bond acceptors (Lipinski definition) is 3. The molecule has 1 aliphatic rings. The van der Waals surface area contributed by atoms with Crippen LogP contribution in [-0.4, -0.2) is 41.9 Å². The molecule has 8 heteroatoms. The Morgan fingerprint density at radius 1 is 0.970 bits per heavy atom. The number of carbonyl (C=O) groups is 1. The van der Waals surface area contributed by atoms with Gasteiger partial charge in [-0.15, -0.1) is 0 Å². The first-order valence-corrected chi connectivity index (χ1v) is 12.1. The molecular formula is C25H22BrCl2FN2O2. The Morgan fingerprint density at radius 3 is 2.36 bits per heavy atom. The molecule has 3 aromatic carbocycles. The molecule has 172 valence electrons. The Hall–Kier alpha value is -2.12. The number of hydrogen-bond donors (Lipinski definition) is 0. The Morgan fingerprint density at radius 2 is 1.70 bits per heavy atom. The van der Waals surface area contributed by atoms with Crippen LogP contribution < -0.4 is 4.74 Å². The summed E-state index contributed by atoms with van der Waals surface area (Å²) < 4.78 is 20.7. The van der Waals surface area contributed by atoms with Crippen molar-refractivity contribution in [3.8, 4) is 5.75 Å². The highest BCUT2D eigenvalue weighted by atomic mass is 79.9. The minimum Gasteiger partial charge on any atom is -0.487 e. The molecule has 1 aliphatic heterocycles. The molecule has 0 aliphatic carbocycles. The second kappa shape index (κ2) is 10.9. The summed E-state index contributed by atoms with van der Waals surface area (Å²) in [5, 5.41) is 0.965. The van der Waals surface area contributed by atoms with Crippen molar-refractivity contribution in [2.45, 2.75) is 13.2 Å². The Balaban J connectivity index is 1.30. The van der Waals surface area contributed by atoms with E-state index in [1.54, 1.807) is 18.2 Å². The number of benzene rings is 3. The van der Waals surface area contributed by atoms with Gasteiger partial charge in [0.05, 0.1) is 5.02 Å². The zero-order chi connectivity index (χ0) is 23.4. The van der Waals surface area contributed by atoms with E-state index >= 15 is 0 Å². The maximum Gasteiger partial charge on any atom is 0.253 e. The van der Waals surface area contributed by atoms with E-state index in [0.717, 1.165) is 10.0 Å². The van der Waals surface area contributed by atoms with Crippen LogP contribution in [0, 0.1) is 5.82 Å². The molecule has 0 bridgehead atoms. The van der Waals surface area contributed by atoms with Crippen LogP contribution in [0.4, 0.5) is 4.39 Å². The summed E-state index contributed by atoms with van der Waals surface area (Å²) in [6.45, 7) is 3.28. The van der Waals surface area contributed by atoms with Crippen molar-refractivity contribution in [3.63, 3.8) is 0 Å². The molecule has 0 saturated carbocycles. The van der Waals surface area contributed by atoms with Crippen LogP contribution in [0.1, 0.15) is 21.5 Å². The van der Waals surface area contributed by atoms with Crippen molar-refractivity contribution >= 4 is 45.0 Å². The van der Waals surface area contributed by atoms with Gasteiger partial charge in [0.1, 0.15) is 18.2 Å². The van der Waals surface area contributed by atoms with Gasteiger partial charge in [-0.1, -0.05) is 57.3 Å². The minimum absolute atomic E-state index is 0.0120. The predicted molar refractivity (Wildman–Crippen MR) is 133 cm³/mol. The fourth-order valence-corrected chi connectivity index (χ4v) is 4.65. The Labute approximate surface area is 211 Å². The summed E-state index contributed by atoms with van der Waals surface area (Å²) in [5.41, 5.74) is 2.07. The van der Waals surface area contributed by atoms with E-state index in [1.165, 1.54) is 6.07 Å². The molecule has 0 atom stereocenters. The van der Waals surface area contributed by atoms with Gasteiger partial charge in [0.15, 0.2) is 0 Å². The second-order valence-electron chi connectivity index (χ2n) is 7.83. The van der Waals surface area contributed by atoms with Gasteiger partial charge in [-0.25, -0.2) is 4.39 Å². The third-order valence-electron chi connectivity index (χ3n) is 5.59. The lowest BCUT2D eigenvalue weighted by atomic mass is 10.1. The molecule has 4 rings (SSSR count). The van der Waals surface area contributed by atoms with Gasteiger partial charge in [-0.05, 0) is 48.0 Å². The summed E-state index contributed by atoms with van der Waals surface area (Å²) in [5.74, 6) is 0.295. The minimum atomic E-state index is -0.299. The summed E-state index contributed by atoms with van der Waals surface area (Å²) in [6, 6.07) is 17.6. The largest absolute Gasteiger partial charge is 0.487 e. The molecule has 1 amide bonds. The predicted octanol–water partition coefficient (Wildman–Crippen LogP) is 6.43. The van der Waals surface area contributed by atoms with Crippen LogP contribution >= 0.6 is 39.1 Å². The average molecular weight is 552 g/mol. The molecule has 0 unspecified atom stereocenters. The van der Waals surface area contributed by atoms with Gasteiger partial charge in [0.25, 0.3) is 5.91 Å². The van der Waals surface area contributed by atoms with Gasteiger partial charge in [-0.2, -0.15) is 0 Å². The molecular weight excluding hydrogens is 530 g/mol. The van der Waals surface area contributed by atoms with E-state index in [9.17, 15) is 9.18 Å². The third-order valence-corrected chi connectivity index (χ3v) is 6.73. The van der Waals surface area contributed by atoms with Crippen LogP contribution in [0.2, 0.25) is 10.0 Å². The zero-order valence-electron chi connectivity index (χ0n) is 17.7. The fourth-order valence-electron chi connectivity index (χ4n) is 3.70. The van der Waals surface area contributed by atoms with Crippen LogP contribution in [0.15, 0.2) is 65.1 Å². The molecule has 4 nitrogen and oxygen atoms in total. The monoisotopic (exact) mass is 550 g/mol. The van der Waals surface area contributed by atoms with Crippen molar-refractivity contribution in [3.05, 3.63) is 97.7 Å². The van der Waals surface area contributed by atoms with Crippen molar-refractivity contribution in [1.29, 1.82) is 0 Å². The van der Waals surface area contributed by atoms with E-state index in [0.29, 0.717) is 66.3 Å². The van der Waals surface area contributed by atoms with Gasteiger partial charge < -0.3 is 9.64 Å². The molecule has 1 fully saturated rings. The highest BCUT2D eigenvalue weighted by Gasteiger charge is 2.23. The average Bonchev–Trinajstić information content (AvgIpc) is 2.81. The zero-order valence-corrected chi connectivity index (χ0v) is 20.8. The first-order valence-electron chi connectivity index (χ1n) is 10.5. The maximum absolute atomic E-state index is 14.1. The smallest absolute Gasteiger partial charge is 0.253 e. The molecule has 1 heterocycles. The molecule has 0 spiro atoms. The van der Waals surface area contributed by atoms with E-state index in [4.69, 9.17) is 27.9 Å². The van der Waals surface area contributed by atoms with E-state index in [-0.39, 0.29) is 11.7 Å². The summed E-state index contributed by atoms with van der Waals surface area (Å²) in [6.07, 6.45) is 0. The first-order chi connectivity index (χ1) is 15.9. The van der Waals surface area contributed by atoms with E-state index < -0.39 is 0 Å². The van der Waals surface area contributed by atoms with Crippen molar-refractivity contribution in [2.75, 3.05) is 26.2 Å². The van der Waals surface area contributed by atoms with Gasteiger partial charge in [-0.3, -0.25) is 9.69 Å². The number of nitrogens with zero attached hydrogens (tertiary/aromatic N) is 2. The molecule has 1 saturated heterocycles. The Kier molecular flexibility index (Phi) is 7.91. The van der Waals surface area contributed by atoms with Gasteiger partial charge in [0.2, 0.25) is 0 Å². The van der Waals surface area contributed by atoms with Crippen molar-refractivity contribution < 1.29 is 13.9 Å². The van der Waals surface area contributed by atoms with Gasteiger partial charge in [0, 0.05) is 53.3 Å². The van der Waals surface area contributed by atoms with Crippen molar-refractivity contribution in [2.24, 2.45) is 0 Å². The Bertz CT molecular complexity index is 1120. The maximum atomic E-state index is 14.1. The van der Waals surface area contributed by atoms with Crippen molar-refractivity contribution in [1.82, 2.24) is 9.80 Å². The highest BCUT2D eigenvalue weighted by molar-refractivity contribution is 9.10. The summed E-state index contributed by atoms with van der Waals surface area (Å²) in [7, 11) is 0. The number of amides is 1. The third kappa shape index (κ3) is 6.07. The number of rotatable bonds is 6. The van der Waals surface area contributed by atoms with E-state index in [1.807, 2.05) is 41.3 Å². The standard InChI is InChI=1S/C25H22BrCl2FN2O2/c26-19-8-9-24(22(28)14-19)33-16-17-4-6-18(7-5-17)25(32)31-12-10-30(11-13-31)15-20-21(27)2-1-3-23(20)29/h1-9,14H,10-13,15-16H2. The van der Waals surface area contributed by atoms with Gasteiger partial charge >= 0.3 is 0 Å². The summed E-state index contributed by atoms with van der Waals surface area (Å²) >= 11 is 15.7. The molecule has 33 heavy (non-hydrogen) atoms. The quantitative estimate of drug-likeness (QED) is 0.354. The normalized spacial score (nSPS) is 14.4. The lowest BCUT2D eigenvalue weighted by Crippen LogP contribution is -2.48. The lowest BCUT2D eigenvalue weighted by molar-refractivity contribution is 0.0627. The first kappa shape index (κ1) is 24.0. The van der Waals surface area contributed by atoms with Crippen LogP contribution in [0.5, 0.6) is 5.75 Å². The summed E-state index contributed by atoms with van der Waals surface area (Å²) in [4.78, 5) is 16.9. The number of piperazine rings is 1. The SMILES string of the molecule is O=C(c1ccc(COc2ccc(Br)cc2Cl)cc1)N1CCN(Cc2c(F)cccc2Cl)CC1.